The molecule has 0 saturated heterocycles. The number of aliphatic imine (C=N–C) groups is 2. The van der Waals surface area contributed by atoms with Crippen LogP contribution in [-0.2, 0) is 0 Å². The topological polar surface area (TPSA) is 24.7 Å². The van der Waals surface area contributed by atoms with Crippen LogP contribution in [-0.4, -0.2) is 12.6 Å². The quantitative estimate of drug-likeness (QED) is 0.310. The van der Waals surface area contributed by atoms with Gasteiger partial charge in [0, 0.05) is 6.21 Å². The summed E-state index contributed by atoms with van der Waals surface area (Å²) < 4.78 is 0. The van der Waals surface area contributed by atoms with E-state index in [1.165, 1.54) is 12.5 Å². The molecule has 0 aromatic rings. The van der Waals surface area contributed by atoms with Gasteiger partial charge >= 0.3 is 0 Å². The Bertz CT molecular complexity index is 150. The van der Waals surface area contributed by atoms with Crippen LogP contribution in [0.1, 0.15) is 13.3 Å². The first-order valence-corrected chi connectivity index (χ1v) is 2.79. The molecular weight excluding hydrogens is 112 g/mol. The van der Waals surface area contributed by atoms with Crippen LogP contribution in [0.5, 0.6) is 0 Å². The van der Waals surface area contributed by atoms with Crippen molar-refractivity contribution in [3.05, 3.63) is 18.5 Å². The van der Waals surface area contributed by atoms with Gasteiger partial charge in [-0.2, -0.15) is 0 Å². The van der Waals surface area contributed by atoms with E-state index < -0.39 is 0 Å². The van der Waals surface area contributed by atoms with Gasteiger partial charge in [-0.15, -0.1) is 5.73 Å². The van der Waals surface area contributed by atoms with Crippen molar-refractivity contribution in [3.63, 3.8) is 0 Å². The van der Waals surface area contributed by atoms with Crippen molar-refractivity contribution in [3.8, 4) is 0 Å². The lowest BCUT2D eigenvalue weighted by molar-refractivity contribution is 1.32. The van der Waals surface area contributed by atoms with Crippen molar-refractivity contribution in [2.75, 3.05) is 0 Å². The van der Waals surface area contributed by atoms with Crippen molar-refractivity contribution >= 4 is 12.6 Å². The first-order chi connectivity index (χ1) is 4.41. The monoisotopic (exact) mass is 122 g/mol. The molecule has 48 valence electrons. The molecule has 0 aliphatic carbocycles. The van der Waals surface area contributed by atoms with Crippen LogP contribution in [0.2, 0.25) is 0 Å². The van der Waals surface area contributed by atoms with Crippen molar-refractivity contribution < 1.29 is 0 Å². The van der Waals surface area contributed by atoms with E-state index in [1.807, 2.05) is 6.92 Å². The summed E-state index contributed by atoms with van der Waals surface area (Å²) in [5.74, 6) is 0. The van der Waals surface area contributed by atoms with E-state index in [2.05, 4.69) is 22.3 Å². The lowest BCUT2D eigenvalue weighted by Crippen LogP contribution is -1.67. The molecular formula is C7H10N2. The molecule has 0 spiro atoms. The summed E-state index contributed by atoms with van der Waals surface area (Å²) in [6.07, 6.45) is 5.64. The molecule has 0 aromatic carbocycles. The van der Waals surface area contributed by atoms with Gasteiger partial charge in [0.25, 0.3) is 0 Å². The minimum Gasteiger partial charge on any atom is -0.249 e. The highest BCUT2D eigenvalue weighted by Crippen LogP contribution is 1.69. The molecule has 0 rings (SSSR count). The molecule has 0 N–H and O–H groups in total. The Labute approximate surface area is 55.3 Å². The molecule has 0 fully saturated rings. The standard InChI is InChI=1S/C7H10N2/c1-3-5-8-7-9-6-4-2/h5-7H,1,4H2,2H3/b8-7-,9-6-. The van der Waals surface area contributed by atoms with Crippen LogP contribution in [0, 0.1) is 0 Å². The molecule has 0 aliphatic rings. The van der Waals surface area contributed by atoms with Crippen molar-refractivity contribution in [1.82, 2.24) is 0 Å². The highest BCUT2D eigenvalue weighted by Gasteiger charge is 1.60. The number of hydrogen-bond donors (Lipinski definition) is 0. The maximum Gasteiger partial charge on any atom is 0.115 e. The van der Waals surface area contributed by atoms with Gasteiger partial charge in [-0.3, -0.25) is 0 Å². The van der Waals surface area contributed by atoms with Crippen LogP contribution < -0.4 is 0 Å². The summed E-state index contributed by atoms with van der Waals surface area (Å²) in [5.41, 5.74) is 2.50. The van der Waals surface area contributed by atoms with Crippen LogP contribution >= 0.6 is 0 Å². The summed E-state index contributed by atoms with van der Waals surface area (Å²) >= 11 is 0. The van der Waals surface area contributed by atoms with E-state index in [-0.39, 0.29) is 0 Å². The summed E-state index contributed by atoms with van der Waals surface area (Å²) in [4.78, 5) is 7.52. The lowest BCUT2D eigenvalue weighted by Gasteiger charge is -1.72. The van der Waals surface area contributed by atoms with E-state index in [9.17, 15) is 0 Å². The minimum atomic E-state index is 0.934. The Kier molecular flexibility index (Phi) is 5.99. The predicted octanol–water partition coefficient (Wildman–Crippen LogP) is 1.79. The van der Waals surface area contributed by atoms with Gasteiger partial charge in [-0.05, 0) is 6.42 Å². The Hall–Kier alpha value is -1.14. The molecule has 0 heterocycles. The van der Waals surface area contributed by atoms with Crippen LogP contribution in [0.15, 0.2) is 28.5 Å². The van der Waals surface area contributed by atoms with Crippen molar-refractivity contribution in [2.24, 2.45) is 9.98 Å². The SMILES string of the molecule is C=C=C/N=C\N=C/CC. The number of rotatable bonds is 3. The lowest BCUT2D eigenvalue weighted by atomic mass is 10.5. The average molecular weight is 122 g/mol. The van der Waals surface area contributed by atoms with Crippen LogP contribution in [0.25, 0.3) is 0 Å². The normalized spacial score (nSPS) is 10.3. The molecule has 0 saturated carbocycles. The zero-order chi connectivity index (χ0) is 6.95. The average Bonchev–Trinajstić information content (AvgIpc) is 1.89. The molecule has 0 atom stereocenters. The molecule has 2 nitrogen and oxygen atoms in total. The van der Waals surface area contributed by atoms with E-state index in [0.717, 1.165) is 6.42 Å². The molecule has 2 heteroatoms. The van der Waals surface area contributed by atoms with Crippen molar-refractivity contribution in [2.45, 2.75) is 13.3 Å². The molecule has 0 aromatic heterocycles. The van der Waals surface area contributed by atoms with E-state index >= 15 is 0 Å². The van der Waals surface area contributed by atoms with E-state index in [4.69, 9.17) is 0 Å². The van der Waals surface area contributed by atoms with Gasteiger partial charge in [0.2, 0.25) is 0 Å². The molecule has 0 radical (unpaired) electrons. The third kappa shape index (κ3) is 6.86. The molecule has 9 heavy (non-hydrogen) atoms. The molecule has 0 amide bonds. The van der Waals surface area contributed by atoms with Gasteiger partial charge in [0.15, 0.2) is 0 Å². The predicted molar refractivity (Wildman–Crippen MR) is 41.0 cm³/mol. The van der Waals surface area contributed by atoms with Gasteiger partial charge < -0.3 is 0 Å². The Morgan fingerprint density at radius 1 is 1.56 bits per heavy atom. The fourth-order valence-electron chi connectivity index (χ4n) is 0.277. The maximum atomic E-state index is 3.81. The second kappa shape index (κ2) is 6.86. The summed E-state index contributed by atoms with van der Waals surface area (Å²) in [7, 11) is 0. The Balaban J connectivity index is 3.46. The smallest absolute Gasteiger partial charge is 0.115 e. The third-order valence-corrected chi connectivity index (χ3v) is 0.587. The molecule has 0 bridgehead atoms. The van der Waals surface area contributed by atoms with Gasteiger partial charge in [-0.1, -0.05) is 13.5 Å². The summed E-state index contributed by atoms with van der Waals surface area (Å²) in [6.45, 7) is 5.35. The fourth-order valence-corrected chi connectivity index (χ4v) is 0.277. The highest BCUT2D eigenvalue weighted by molar-refractivity contribution is 5.72. The van der Waals surface area contributed by atoms with Crippen molar-refractivity contribution in [1.29, 1.82) is 0 Å². The zero-order valence-corrected chi connectivity index (χ0v) is 5.54. The maximum absolute atomic E-state index is 3.81. The largest absolute Gasteiger partial charge is 0.249 e. The molecule has 0 unspecified atom stereocenters. The van der Waals surface area contributed by atoms with E-state index in [1.54, 1.807) is 6.21 Å². The van der Waals surface area contributed by atoms with Crippen LogP contribution in [0.3, 0.4) is 0 Å². The van der Waals surface area contributed by atoms with Crippen LogP contribution in [0.4, 0.5) is 0 Å². The third-order valence-electron chi connectivity index (χ3n) is 0.587. The van der Waals surface area contributed by atoms with Gasteiger partial charge in [-0.25, -0.2) is 9.98 Å². The van der Waals surface area contributed by atoms with Gasteiger partial charge in [0.1, 0.15) is 6.34 Å². The van der Waals surface area contributed by atoms with E-state index in [0.29, 0.717) is 0 Å². The Morgan fingerprint density at radius 2 is 2.33 bits per heavy atom. The summed E-state index contributed by atoms with van der Waals surface area (Å²) in [6, 6.07) is 0. The molecule has 0 aliphatic heterocycles. The first kappa shape index (κ1) is 7.86. The summed E-state index contributed by atoms with van der Waals surface area (Å²) in [5, 5.41) is 0. The zero-order valence-electron chi connectivity index (χ0n) is 5.54. The second-order valence-electron chi connectivity index (χ2n) is 1.34. The highest BCUT2D eigenvalue weighted by atomic mass is 14.8. The number of nitrogens with zero attached hydrogens (tertiary/aromatic N) is 2. The second-order valence-corrected chi connectivity index (χ2v) is 1.34. The minimum absolute atomic E-state index is 0.934. The van der Waals surface area contributed by atoms with Gasteiger partial charge in [0.05, 0.1) is 6.20 Å². The fraction of sp³-hybridized carbons (Fsp3) is 0.286. The first-order valence-electron chi connectivity index (χ1n) is 2.79. The Morgan fingerprint density at radius 3 is 2.89 bits per heavy atom. The number of hydrogen-bond acceptors (Lipinski definition) is 1.